The lowest BCUT2D eigenvalue weighted by atomic mass is 10.2. The first-order chi connectivity index (χ1) is 9.58. The van der Waals surface area contributed by atoms with Gasteiger partial charge in [-0.15, -0.1) is 0 Å². The number of rotatable bonds is 4. The van der Waals surface area contributed by atoms with Gasteiger partial charge in [0.15, 0.2) is 0 Å². The fourth-order valence-corrected chi connectivity index (χ4v) is 2.10. The molecule has 0 saturated carbocycles. The number of anilines is 1. The SMILES string of the molecule is C[C@H](C(=O)Nc1ccc(C(N)=O)cc1)N1CCOCC1. The van der Waals surface area contributed by atoms with Crippen LogP contribution in [0.15, 0.2) is 24.3 Å². The molecule has 1 aliphatic heterocycles. The number of nitrogens with two attached hydrogens (primary N) is 1. The molecule has 0 spiro atoms. The van der Waals surface area contributed by atoms with Crippen molar-refractivity contribution in [1.29, 1.82) is 0 Å². The Balaban J connectivity index is 1.94. The number of hydrogen-bond donors (Lipinski definition) is 2. The minimum Gasteiger partial charge on any atom is -0.379 e. The number of carbonyl (C=O) groups excluding carboxylic acids is 2. The lowest BCUT2D eigenvalue weighted by Gasteiger charge is -2.31. The van der Waals surface area contributed by atoms with Crippen LogP contribution in [0.3, 0.4) is 0 Å². The number of hydrogen-bond acceptors (Lipinski definition) is 4. The third-order valence-corrected chi connectivity index (χ3v) is 3.41. The summed E-state index contributed by atoms with van der Waals surface area (Å²) in [6.45, 7) is 4.71. The number of benzene rings is 1. The summed E-state index contributed by atoms with van der Waals surface area (Å²) in [6, 6.07) is 6.32. The van der Waals surface area contributed by atoms with Crippen LogP contribution in [-0.2, 0) is 9.53 Å². The number of nitrogens with zero attached hydrogens (tertiary/aromatic N) is 1. The van der Waals surface area contributed by atoms with Crippen LogP contribution in [0.5, 0.6) is 0 Å². The summed E-state index contributed by atoms with van der Waals surface area (Å²) in [5.74, 6) is -0.553. The first kappa shape index (κ1) is 14.5. The molecule has 2 rings (SSSR count). The second-order valence-corrected chi connectivity index (χ2v) is 4.76. The van der Waals surface area contributed by atoms with E-state index in [1.54, 1.807) is 24.3 Å². The summed E-state index contributed by atoms with van der Waals surface area (Å²) in [6.07, 6.45) is 0. The third kappa shape index (κ3) is 3.55. The van der Waals surface area contributed by atoms with Gasteiger partial charge in [-0.25, -0.2) is 0 Å². The first-order valence-electron chi connectivity index (χ1n) is 6.60. The molecule has 1 heterocycles. The fraction of sp³-hybridized carbons (Fsp3) is 0.429. The fourth-order valence-electron chi connectivity index (χ4n) is 2.10. The summed E-state index contributed by atoms with van der Waals surface area (Å²) < 4.78 is 5.27. The molecule has 1 aromatic rings. The van der Waals surface area contributed by atoms with Crippen molar-refractivity contribution in [3.63, 3.8) is 0 Å². The van der Waals surface area contributed by atoms with Gasteiger partial charge in [-0.1, -0.05) is 0 Å². The highest BCUT2D eigenvalue weighted by Crippen LogP contribution is 2.11. The lowest BCUT2D eigenvalue weighted by Crippen LogP contribution is -2.47. The molecule has 0 unspecified atom stereocenters. The molecule has 0 radical (unpaired) electrons. The molecule has 2 amide bonds. The molecule has 1 saturated heterocycles. The summed E-state index contributed by atoms with van der Waals surface area (Å²) >= 11 is 0. The van der Waals surface area contributed by atoms with Gasteiger partial charge in [0.25, 0.3) is 0 Å². The molecule has 1 aromatic carbocycles. The molecule has 3 N–H and O–H groups in total. The number of carbonyl (C=O) groups is 2. The average molecular weight is 277 g/mol. The van der Waals surface area contributed by atoms with E-state index < -0.39 is 5.91 Å². The van der Waals surface area contributed by atoms with E-state index in [1.165, 1.54) is 0 Å². The van der Waals surface area contributed by atoms with Crippen LogP contribution in [0, 0.1) is 0 Å². The molecular weight excluding hydrogens is 258 g/mol. The minimum absolute atomic E-state index is 0.0706. The van der Waals surface area contributed by atoms with Crippen molar-refractivity contribution in [3.8, 4) is 0 Å². The van der Waals surface area contributed by atoms with Crippen LogP contribution in [0.4, 0.5) is 5.69 Å². The van der Waals surface area contributed by atoms with Gasteiger partial charge in [-0.05, 0) is 31.2 Å². The van der Waals surface area contributed by atoms with E-state index in [-0.39, 0.29) is 11.9 Å². The van der Waals surface area contributed by atoms with E-state index in [9.17, 15) is 9.59 Å². The van der Waals surface area contributed by atoms with E-state index in [1.807, 2.05) is 6.92 Å². The van der Waals surface area contributed by atoms with Crippen LogP contribution >= 0.6 is 0 Å². The lowest BCUT2D eigenvalue weighted by molar-refractivity contribution is -0.122. The Labute approximate surface area is 117 Å². The van der Waals surface area contributed by atoms with E-state index in [0.29, 0.717) is 24.5 Å². The third-order valence-electron chi connectivity index (χ3n) is 3.41. The Kier molecular flexibility index (Phi) is 4.70. The van der Waals surface area contributed by atoms with Crippen molar-refractivity contribution in [3.05, 3.63) is 29.8 Å². The number of primary amides is 1. The van der Waals surface area contributed by atoms with Crippen molar-refractivity contribution >= 4 is 17.5 Å². The van der Waals surface area contributed by atoms with Gasteiger partial charge in [0.05, 0.1) is 19.3 Å². The van der Waals surface area contributed by atoms with Crippen LogP contribution in [-0.4, -0.2) is 49.1 Å². The van der Waals surface area contributed by atoms with Crippen molar-refractivity contribution in [1.82, 2.24) is 4.90 Å². The molecule has 1 atom stereocenters. The molecule has 0 aromatic heterocycles. The monoisotopic (exact) mass is 277 g/mol. The molecule has 6 nitrogen and oxygen atoms in total. The quantitative estimate of drug-likeness (QED) is 0.836. The molecule has 1 fully saturated rings. The highest BCUT2D eigenvalue weighted by atomic mass is 16.5. The van der Waals surface area contributed by atoms with Crippen LogP contribution < -0.4 is 11.1 Å². The van der Waals surface area contributed by atoms with E-state index >= 15 is 0 Å². The van der Waals surface area contributed by atoms with Gasteiger partial charge in [0.2, 0.25) is 11.8 Å². The maximum Gasteiger partial charge on any atom is 0.248 e. The van der Waals surface area contributed by atoms with Gasteiger partial charge in [-0.2, -0.15) is 0 Å². The normalized spacial score (nSPS) is 17.4. The average Bonchev–Trinajstić information content (AvgIpc) is 2.48. The predicted octanol–water partition coefficient (Wildman–Crippen LogP) is 0.445. The molecule has 0 bridgehead atoms. The van der Waals surface area contributed by atoms with E-state index in [0.717, 1.165) is 13.1 Å². The molecule has 108 valence electrons. The molecule has 1 aliphatic rings. The Bertz CT molecular complexity index is 481. The number of amides is 2. The van der Waals surface area contributed by atoms with Crippen molar-refractivity contribution in [2.75, 3.05) is 31.6 Å². The Morgan fingerprint density at radius 1 is 1.25 bits per heavy atom. The maximum absolute atomic E-state index is 12.1. The maximum atomic E-state index is 12.1. The zero-order valence-corrected chi connectivity index (χ0v) is 11.5. The van der Waals surface area contributed by atoms with Crippen molar-refractivity contribution < 1.29 is 14.3 Å². The minimum atomic E-state index is -0.482. The number of morpholine rings is 1. The van der Waals surface area contributed by atoms with E-state index in [2.05, 4.69) is 10.2 Å². The predicted molar refractivity (Wildman–Crippen MR) is 75.4 cm³/mol. The molecule has 6 heteroatoms. The van der Waals surface area contributed by atoms with Gasteiger partial charge in [-0.3, -0.25) is 14.5 Å². The Hall–Kier alpha value is -1.92. The molecule has 20 heavy (non-hydrogen) atoms. The van der Waals surface area contributed by atoms with Crippen molar-refractivity contribution in [2.45, 2.75) is 13.0 Å². The number of ether oxygens (including phenoxy) is 1. The zero-order valence-electron chi connectivity index (χ0n) is 11.5. The topological polar surface area (TPSA) is 84.7 Å². The smallest absolute Gasteiger partial charge is 0.248 e. The van der Waals surface area contributed by atoms with E-state index in [4.69, 9.17) is 10.5 Å². The Morgan fingerprint density at radius 3 is 2.40 bits per heavy atom. The standard InChI is InChI=1S/C14H19N3O3/c1-10(17-6-8-20-9-7-17)14(19)16-12-4-2-11(3-5-12)13(15)18/h2-5,10H,6-9H2,1H3,(H2,15,18)(H,16,19)/t10-/m1/s1. The zero-order chi connectivity index (χ0) is 14.5. The van der Waals surface area contributed by atoms with Crippen molar-refractivity contribution in [2.24, 2.45) is 5.73 Å². The largest absolute Gasteiger partial charge is 0.379 e. The van der Waals surface area contributed by atoms with Gasteiger partial charge < -0.3 is 15.8 Å². The summed E-state index contributed by atoms with van der Waals surface area (Å²) in [4.78, 5) is 25.2. The van der Waals surface area contributed by atoms with Crippen LogP contribution in [0.2, 0.25) is 0 Å². The van der Waals surface area contributed by atoms with Gasteiger partial charge >= 0.3 is 0 Å². The highest BCUT2D eigenvalue weighted by molar-refractivity contribution is 5.96. The first-order valence-corrected chi connectivity index (χ1v) is 6.60. The number of nitrogens with one attached hydrogen (secondary N) is 1. The summed E-state index contributed by atoms with van der Waals surface area (Å²) in [5.41, 5.74) is 6.24. The second kappa shape index (κ2) is 6.49. The van der Waals surface area contributed by atoms with Crippen LogP contribution in [0.25, 0.3) is 0 Å². The summed E-state index contributed by atoms with van der Waals surface area (Å²) in [7, 11) is 0. The second-order valence-electron chi connectivity index (χ2n) is 4.76. The summed E-state index contributed by atoms with van der Waals surface area (Å²) in [5, 5.41) is 2.83. The van der Waals surface area contributed by atoms with Crippen LogP contribution in [0.1, 0.15) is 17.3 Å². The highest BCUT2D eigenvalue weighted by Gasteiger charge is 2.23. The molecule has 0 aliphatic carbocycles. The Morgan fingerprint density at radius 2 is 1.85 bits per heavy atom. The molecular formula is C14H19N3O3. The van der Waals surface area contributed by atoms with Gasteiger partial charge in [0, 0.05) is 24.3 Å². The van der Waals surface area contributed by atoms with Gasteiger partial charge in [0.1, 0.15) is 0 Å².